The SMILES string of the molecule is COc1cccc(N2C(=O)C(C)(C)CS2(=O)=O)c1. The number of benzene rings is 1. The second-order valence-corrected chi connectivity index (χ2v) is 6.73. The molecule has 1 aromatic carbocycles. The van der Waals surface area contributed by atoms with Crippen LogP contribution in [0, 0.1) is 5.41 Å². The van der Waals surface area contributed by atoms with Gasteiger partial charge in [-0.3, -0.25) is 4.79 Å². The Morgan fingerprint density at radius 1 is 1.33 bits per heavy atom. The highest BCUT2D eigenvalue weighted by Crippen LogP contribution is 2.36. The number of hydrogen-bond donors (Lipinski definition) is 0. The number of hydrogen-bond acceptors (Lipinski definition) is 4. The third-order valence-electron chi connectivity index (χ3n) is 2.87. The summed E-state index contributed by atoms with van der Waals surface area (Å²) < 4.78 is 30.0. The smallest absolute Gasteiger partial charge is 0.247 e. The summed E-state index contributed by atoms with van der Waals surface area (Å²) in [6.07, 6.45) is 0. The first-order valence-corrected chi connectivity index (χ1v) is 7.10. The third kappa shape index (κ3) is 1.96. The number of nitrogens with zero attached hydrogens (tertiary/aromatic N) is 1. The molecule has 1 aromatic rings. The molecule has 18 heavy (non-hydrogen) atoms. The Labute approximate surface area is 106 Å². The average molecular weight is 269 g/mol. The summed E-state index contributed by atoms with van der Waals surface area (Å²) in [4.78, 5) is 12.1. The lowest BCUT2D eigenvalue weighted by Gasteiger charge is -2.17. The van der Waals surface area contributed by atoms with Gasteiger partial charge in [-0.15, -0.1) is 0 Å². The molecular formula is C12H15NO4S. The molecule has 0 spiro atoms. The van der Waals surface area contributed by atoms with Crippen LogP contribution in [-0.4, -0.2) is 27.2 Å². The lowest BCUT2D eigenvalue weighted by molar-refractivity contribution is -0.123. The molecule has 6 heteroatoms. The highest BCUT2D eigenvalue weighted by molar-refractivity contribution is 7.94. The van der Waals surface area contributed by atoms with Crippen molar-refractivity contribution < 1.29 is 17.9 Å². The summed E-state index contributed by atoms with van der Waals surface area (Å²) in [5.74, 6) is -0.0632. The minimum Gasteiger partial charge on any atom is -0.497 e. The fourth-order valence-electron chi connectivity index (χ4n) is 2.00. The van der Waals surface area contributed by atoms with Crippen LogP contribution in [0.4, 0.5) is 5.69 Å². The molecule has 0 atom stereocenters. The third-order valence-corrected chi connectivity index (χ3v) is 4.89. The second-order valence-electron chi connectivity index (χ2n) is 4.91. The van der Waals surface area contributed by atoms with Crippen LogP contribution in [0.5, 0.6) is 5.75 Å². The number of rotatable bonds is 2. The maximum Gasteiger partial charge on any atom is 0.247 e. The standard InChI is InChI=1S/C12H15NO4S/c1-12(2)8-18(15,16)13(11(12)14)9-5-4-6-10(7-9)17-3/h4-7H,8H2,1-3H3. The minimum atomic E-state index is -3.59. The van der Waals surface area contributed by atoms with E-state index in [1.165, 1.54) is 13.2 Å². The van der Waals surface area contributed by atoms with Crippen LogP contribution in [0.15, 0.2) is 24.3 Å². The van der Waals surface area contributed by atoms with Crippen molar-refractivity contribution in [3.05, 3.63) is 24.3 Å². The predicted molar refractivity (Wildman–Crippen MR) is 68.0 cm³/mol. The van der Waals surface area contributed by atoms with E-state index in [-0.39, 0.29) is 5.75 Å². The van der Waals surface area contributed by atoms with Crippen LogP contribution in [0.3, 0.4) is 0 Å². The van der Waals surface area contributed by atoms with E-state index in [0.29, 0.717) is 11.4 Å². The summed E-state index contributed by atoms with van der Waals surface area (Å²) in [5.41, 5.74) is -0.563. The molecule has 1 heterocycles. The van der Waals surface area contributed by atoms with Crippen LogP contribution < -0.4 is 9.04 Å². The van der Waals surface area contributed by atoms with E-state index < -0.39 is 21.3 Å². The Morgan fingerprint density at radius 2 is 2.00 bits per heavy atom. The average Bonchev–Trinajstić information content (AvgIpc) is 2.43. The van der Waals surface area contributed by atoms with Gasteiger partial charge in [-0.1, -0.05) is 6.07 Å². The molecule has 5 nitrogen and oxygen atoms in total. The van der Waals surface area contributed by atoms with Crippen molar-refractivity contribution in [3.63, 3.8) is 0 Å². The largest absolute Gasteiger partial charge is 0.497 e. The number of methoxy groups -OCH3 is 1. The molecule has 0 saturated carbocycles. The molecule has 1 fully saturated rings. The number of carbonyl (C=O) groups is 1. The van der Waals surface area contributed by atoms with Gasteiger partial charge in [0.15, 0.2) is 0 Å². The fraction of sp³-hybridized carbons (Fsp3) is 0.417. The normalized spacial score (nSPS) is 21.1. The zero-order chi connectivity index (χ0) is 13.6. The van der Waals surface area contributed by atoms with Crippen LogP contribution >= 0.6 is 0 Å². The summed E-state index contributed by atoms with van der Waals surface area (Å²) >= 11 is 0. The van der Waals surface area contributed by atoms with Crippen molar-refractivity contribution >= 4 is 21.6 Å². The van der Waals surface area contributed by atoms with Gasteiger partial charge in [-0.2, -0.15) is 0 Å². The Morgan fingerprint density at radius 3 is 2.50 bits per heavy atom. The molecule has 1 saturated heterocycles. The monoisotopic (exact) mass is 269 g/mol. The zero-order valence-electron chi connectivity index (χ0n) is 10.5. The molecule has 1 amide bonds. The van der Waals surface area contributed by atoms with E-state index in [1.54, 1.807) is 32.0 Å². The maximum absolute atomic E-state index is 12.1. The lowest BCUT2D eigenvalue weighted by Crippen LogP contribution is -2.32. The maximum atomic E-state index is 12.1. The number of carbonyl (C=O) groups excluding carboxylic acids is 1. The van der Waals surface area contributed by atoms with Gasteiger partial charge in [-0.05, 0) is 26.0 Å². The van der Waals surface area contributed by atoms with Crippen molar-refractivity contribution in [1.82, 2.24) is 0 Å². The Bertz CT molecular complexity index is 592. The molecule has 0 radical (unpaired) electrons. The summed E-state index contributed by atoms with van der Waals surface area (Å²) in [7, 11) is -2.10. The number of sulfonamides is 1. The van der Waals surface area contributed by atoms with E-state index in [0.717, 1.165) is 4.31 Å². The highest BCUT2D eigenvalue weighted by atomic mass is 32.2. The van der Waals surface area contributed by atoms with Crippen LogP contribution in [-0.2, 0) is 14.8 Å². The zero-order valence-corrected chi connectivity index (χ0v) is 11.3. The molecule has 1 aliphatic rings. The van der Waals surface area contributed by atoms with Gasteiger partial charge < -0.3 is 4.74 Å². The lowest BCUT2D eigenvalue weighted by atomic mass is 9.95. The van der Waals surface area contributed by atoms with Crippen molar-refractivity contribution in [2.45, 2.75) is 13.8 Å². The Balaban J connectivity index is 2.53. The molecule has 1 aliphatic heterocycles. The first kappa shape index (κ1) is 12.9. The molecule has 98 valence electrons. The predicted octanol–water partition coefficient (Wildman–Crippen LogP) is 1.40. The first-order chi connectivity index (χ1) is 8.28. The highest BCUT2D eigenvalue weighted by Gasteiger charge is 2.49. The van der Waals surface area contributed by atoms with E-state index in [4.69, 9.17) is 4.74 Å². The topological polar surface area (TPSA) is 63.7 Å². The molecule has 0 bridgehead atoms. The molecule has 0 N–H and O–H groups in total. The Kier molecular flexibility index (Phi) is 2.85. The van der Waals surface area contributed by atoms with Gasteiger partial charge in [0.05, 0.1) is 24.0 Å². The second kappa shape index (κ2) is 3.98. The number of amides is 1. The van der Waals surface area contributed by atoms with Gasteiger partial charge in [0.1, 0.15) is 5.75 Å². The van der Waals surface area contributed by atoms with Crippen LogP contribution in [0.25, 0.3) is 0 Å². The number of anilines is 1. The minimum absolute atomic E-state index is 0.171. The molecular weight excluding hydrogens is 254 g/mol. The van der Waals surface area contributed by atoms with Crippen molar-refractivity contribution in [3.8, 4) is 5.75 Å². The Hall–Kier alpha value is -1.56. The van der Waals surface area contributed by atoms with Gasteiger partial charge in [0.2, 0.25) is 15.9 Å². The first-order valence-electron chi connectivity index (χ1n) is 5.49. The molecule has 2 rings (SSSR count). The molecule has 0 unspecified atom stereocenters. The quantitative estimate of drug-likeness (QED) is 0.814. The molecule has 0 aromatic heterocycles. The van der Waals surface area contributed by atoms with E-state index >= 15 is 0 Å². The van der Waals surface area contributed by atoms with Gasteiger partial charge in [0, 0.05) is 6.07 Å². The molecule has 0 aliphatic carbocycles. The van der Waals surface area contributed by atoms with E-state index in [2.05, 4.69) is 0 Å². The van der Waals surface area contributed by atoms with Crippen molar-refractivity contribution in [1.29, 1.82) is 0 Å². The van der Waals surface area contributed by atoms with Crippen LogP contribution in [0.2, 0.25) is 0 Å². The van der Waals surface area contributed by atoms with Crippen molar-refractivity contribution in [2.24, 2.45) is 5.41 Å². The summed E-state index contributed by atoms with van der Waals surface area (Å²) in [5, 5.41) is 0. The van der Waals surface area contributed by atoms with Crippen LogP contribution in [0.1, 0.15) is 13.8 Å². The van der Waals surface area contributed by atoms with Crippen molar-refractivity contribution in [2.75, 3.05) is 17.2 Å². The summed E-state index contributed by atoms with van der Waals surface area (Å²) in [6.45, 7) is 3.26. The number of ether oxygens (including phenoxy) is 1. The van der Waals surface area contributed by atoms with Gasteiger partial charge >= 0.3 is 0 Å². The van der Waals surface area contributed by atoms with E-state index in [9.17, 15) is 13.2 Å². The van der Waals surface area contributed by atoms with Gasteiger partial charge in [-0.25, -0.2) is 12.7 Å². The fourth-order valence-corrected chi connectivity index (χ4v) is 4.10. The van der Waals surface area contributed by atoms with E-state index in [1.807, 2.05) is 0 Å². The van der Waals surface area contributed by atoms with Gasteiger partial charge in [0.25, 0.3) is 0 Å². The summed E-state index contributed by atoms with van der Waals surface area (Å²) in [6, 6.07) is 6.47.